The summed E-state index contributed by atoms with van der Waals surface area (Å²) in [5, 5.41) is 1.97. The maximum absolute atomic E-state index is 11.1. The van der Waals surface area contributed by atoms with Crippen molar-refractivity contribution in [2.45, 2.75) is 18.6 Å². The molecule has 0 spiro atoms. The SMILES string of the molecule is COC(=O)CC(C)SCC(=O)NC(=O)OC. The highest BCUT2D eigenvalue weighted by Gasteiger charge is 2.13. The van der Waals surface area contributed by atoms with Gasteiger partial charge in [0.25, 0.3) is 0 Å². The summed E-state index contributed by atoms with van der Waals surface area (Å²) in [5.41, 5.74) is 0. The van der Waals surface area contributed by atoms with E-state index >= 15 is 0 Å². The molecule has 2 amide bonds. The Kier molecular flexibility index (Phi) is 7.36. The number of rotatable bonds is 5. The summed E-state index contributed by atoms with van der Waals surface area (Å²) < 4.78 is 8.74. The molecule has 0 fully saturated rings. The molecular weight excluding hydrogens is 234 g/mol. The third-order valence-corrected chi connectivity index (χ3v) is 2.77. The van der Waals surface area contributed by atoms with E-state index in [0.717, 1.165) is 0 Å². The van der Waals surface area contributed by atoms with E-state index in [-0.39, 0.29) is 23.4 Å². The summed E-state index contributed by atoms with van der Waals surface area (Å²) in [6, 6.07) is 0. The predicted octanol–water partition coefficient (Wildman–Crippen LogP) is 0.554. The first-order chi connectivity index (χ1) is 7.49. The molecular formula is C9H15NO5S. The molecule has 0 saturated heterocycles. The molecule has 0 aromatic heterocycles. The molecule has 0 aromatic rings. The van der Waals surface area contributed by atoms with Crippen LogP contribution in [0.4, 0.5) is 4.79 Å². The van der Waals surface area contributed by atoms with Crippen LogP contribution in [-0.2, 0) is 19.1 Å². The molecule has 0 aliphatic heterocycles. The van der Waals surface area contributed by atoms with Crippen LogP contribution in [0.25, 0.3) is 0 Å². The zero-order valence-corrected chi connectivity index (χ0v) is 10.3. The minimum atomic E-state index is -0.786. The minimum Gasteiger partial charge on any atom is -0.469 e. The number of thioether (sulfide) groups is 1. The number of nitrogens with one attached hydrogen (secondary N) is 1. The number of imide groups is 1. The van der Waals surface area contributed by atoms with Crippen LogP contribution in [0.1, 0.15) is 13.3 Å². The second-order valence-electron chi connectivity index (χ2n) is 2.94. The lowest BCUT2D eigenvalue weighted by Crippen LogP contribution is -2.32. The zero-order valence-electron chi connectivity index (χ0n) is 9.44. The van der Waals surface area contributed by atoms with Crippen LogP contribution >= 0.6 is 11.8 Å². The third-order valence-electron chi connectivity index (χ3n) is 1.61. The summed E-state index contributed by atoms with van der Waals surface area (Å²) >= 11 is 1.26. The Bertz CT molecular complexity index is 269. The second kappa shape index (κ2) is 7.98. The lowest BCUT2D eigenvalue weighted by Gasteiger charge is -2.08. The van der Waals surface area contributed by atoms with Crippen molar-refractivity contribution >= 4 is 29.7 Å². The van der Waals surface area contributed by atoms with Crippen LogP contribution in [0.15, 0.2) is 0 Å². The van der Waals surface area contributed by atoms with Gasteiger partial charge < -0.3 is 9.47 Å². The van der Waals surface area contributed by atoms with Crippen molar-refractivity contribution in [2.24, 2.45) is 0 Å². The molecule has 0 rings (SSSR count). The van der Waals surface area contributed by atoms with Gasteiger partial charge in [-0.15, -0.1) is 11.8 Å². The molecule has 0 aliphatic rings. The van der Waals surface area contributed by atoms with Crippen molar-refractivity contribution < 1.29 is 23.9 Å². The molecule has 7 heteroatoms. The highest BCUT2D eigenvalue weighted by atomic mass is 32.2. The number of carbonyl (C=O) groups is 3. The average Bonchev–Trinajstić information content (AvgIpc) is 2.26. The van der Waals surface area contributed by atoms with Crippen molar-refractivity contribution in [2.75, 3.05) is 20.0 Å². The number of hydrogen-bond donors (Lipinski definition) is 1. The van der Waals surface area contributed by atoms with Gasteiger partial charge in [-0.25, -0.2) is 4.79 Å². The molecule has 1 N–H and O–H groups in total. The van der Waals surface area contributed by atoms with Gasteiger partial charge in [0.1, 0.15) is 0 Å². The van der Waals surface area contributed by atoms with Crippen molar-refractivity contribution in [1.29, 1.82) is 0 Å². The van der Waals surface area contributed by atoms with Crippen LogP contribution in [0.5, 0.6) is 0 Å². The average molecular weight is 249 g/mol. The molecule has 0 aromatic carbocycles. The molecule has 0 heterocycles. The molecule has 16 heavy (non-hydrogen) atoms. The smallest absolute Gasteiger partial charge is 0.413 e. The number of alkyl carbamates (subject to hydrolysis) is 1. The molecule has 0 aliphatic carbocycles. The molecule has 1 unspecified atom stereocenters. The summed E-state index contributed by atoms with van der Waals surface area (Å²) in [4.78, 5) is 32.7. The first kappa shape index (κ1) is 14.8. The maximum Gasteiger partial charge on any atom is 0.413 e. The van der Waals surface area contributed by atoms with Gasteiger partial charge in [0.15, 0.2) is 0 Å². The van der Waals surface area contributed by atoms with Gasteiger partial charge in [0, 0.05) is 5.25 Å². The number of amides is 2. The standard InChI is InChI=1S/C9H15NO5S/c1-6(4-8(12)14-2)16-5-7(11)10-9(13)15-3/h6H,4-5H2,1-3H3,(H,10,11,13). The summed E-state index contributed by atoms with van der Waals surface area (Å²) in [7, 11) is 2.49. The molecule has 6 nitrogen and oxygen atoms in total. The lowest BCUT2D eigenvalue weighted by atomic mass is 10.3. The highest BCUT2D eigenvalue weighted by Crippen LogP contribution is 2.13. The Morgan fingerprint density at radius 2 is 1.88 bits per heavy atom. The van der Waals surface area contributed by atoms with Gasteiger partial charge in [-0.1, -0.05) is 6.92 Å². The van der Waals surface area contributed by atoms with E-state index in [2.05, 4.69) is 9.47 Å². The van der Waals surface area contributed by atoms with E-state index in [1.54, 1.807) is 6.92 Å². The maximum atomic E-state index is 11.1. The zero-order chi connectivity index (χ0) is 12.6. The Balaban J connectivity index is 3.74. The van der Waals surface area contributed by atoms with Gasteiger partial charge >= 0.3 is 12.1 Å². The molecule has 0 saturated carbocycles. The van der Waals surface area contributed by atoms with Crippen molar-refractivity contribution in [3.05, 3.63) is 0 Å². The van der Waals surface area contributed by atoms with Gasteiger partial charge in [-0.3, -0.25) is 14.9 Å². The Hall–Kier alpha value is -1.24. The Morgan fingerprint density at radius 3 is 2.38 bits per heavy atom. The fraction of sp³-hybridized carbons (Fsp3) is 0.667. The normalized spacial score (nSPS) is 11.4. The van der Waals surface area contributed by atoms with Crippen molar-refractivity contribution in [3.8, 4) is 0 Å². The third kappa shape index (κ3) is 7.10. The topological polar surface area (TPSA) is 81.7 Å². The van der Waals surface area contributed by atoms with E-state index in [9.17, 15) is 14.4 Å². The molecule has 1 atom stereocenters. The summed E-state index contributed by atoms with van der Waals surface area (Å²) in [5.74, 6) is -0.685. The van der Waals surface area contributed by atoms with Gasteiger partial charge in [-0.05, 0) is 0 Å². The number of hydrogen-bond acceptors (Lipinski definition) is 6. The number of esters is 1. The number of methoxy groups -OCH3 is 2. The summed E-state index contributed by atoms with van der Waals surface area (Å²) in [6.45, 7) is 1.80. The summed E-state index contributed by atoms with van der Waals surface area (Å²) in [6.07, 6.45) is -0.557. The van der Waals surface area contributed by atoms with Crippen LogP contribution in [-0.4, -0.2) is 43.2 Å². The van der Waals surface area contributed by atoms with Crippen LogP contribution < -0.4 is 5.32 Å². The fourth-order valence-corrected chi connectivity index (χ4v) is 1.56. The minimum absolute atomic E-state index is 0.0455. The molecule has 92 valence electrons. The van der Waals surface area contributed by atoms with E-state index in [1.165, 1.54) is 26.0 Å². The van der Waals surface area contributed by atoms with E-state index < -0.39 is 12.0 Å². The predicted molar refractivity (Wildman–Crippen MR) is 59.1 cm³/mol. The number of ether oxygens (including phenoxy) is 2. The fourth-order valence-electron chi connectivity index (χ4n) is 0.796. The van der Waals surface area contributed by atoms with Gasteiger partial charge in [-0.2, -0.15) is 0 Å². The van der Waals surface area contributed by atoms with Crippen LogP contribution in [0.3, 0.4) is 0 Å². The Labute approximate surface area is 98.0 Å². The van der Waals surface area contributed by atoms with Crippen LogP contribution in [0.2, 0.25) is 0 Å². The highest BCUT2D eigenvalue weighted by molar-refractivity contribution is 8.00. The second-order valence-corrected chi connectivity index (χ2v) is 4.37. The monoisotopic (exact) mass is 249 g/mol. The quantitative estimate of drug-likeness (QED) is 0.717. The van der Waals surface area contributed by atoms with Crippen molar-refractivity contribution in [3.63, 3.8) is 0 Å². The van der Waals surface area contributed by atoms with Crippen LogP contribution in [0, 0.1) is 0 Å². The van der Waals surface area contributed by atoms with E-state index in [1.807, 2.05) is 5.32 Å². The van der Waals surface area contributed by atoms with Gasteiger partial charge in [0.05, 0.1) is 26.4 Å². The largest absolute Gasteiger partial charge is 0.469 e. The Morgan fingerprint density at radius 1 is 1.25 bits per heavy atom. The van der Waals surface area contributed by atoms with Gasteiger partial charge in [0.2, 0.25) is 5.91 Å². The van der Waals surface area contributed by atoms with E-state index in [4.69, 9.17) is 0 Å². The molecule has 0 radical (unpaired) electrons. The first-order valence-corrected chi connectivity index (χ1v) is 5.60. The van der Waals surface area contributed by atoms with E-state index in [0.29, 0.717) is 0 Å². The first-order valence-electron chi connectivity index (χ1n) is 4.55. The lowest BCUT2D eigenvalue weighted by molar-refractivity contribution is -0.140. The molecule has 0 bridgehead atoms. The number of carbonyl (C=O) groups excluding carboxylic acids is 3. The van der Waals surface area contributed by atoms with Crippen molar-refractivity contribution in [1.82, 2.24) is 5.32 Å².